The minimum Gasteiger partial charge on any atom is -0.480 e. The lowest BCUT2D eigenvalue weighted by Gasteiger charge is -2.12. The number of hydrogen-bond acceptors (Lipinski definition) is 2. The molecule has 2 rings (SSSR count). The third kappa shape index (κ3) is 4.29. The molecule has 0 fully saturated rings. The van der Waals surface area contributed by atoms with Crippen LogP contribution in [-0.2, 0) is 11.2 Å². The summed E-state index contributed by atoms with van der Waals surface area (Å²) in [5.74, 6) is -0.800. The molecule has 0 aliphatic rings. The normalized spacial score (nSPS) is 12.1. The zero-order valence-electron chi connectivity index (χ0n) is 11.0. The molecule has 4 heteroatoms. The highest BCUT2D eigenvalue weighted by Crippen LogP contribution is 2.26. The first-order chi connectivity index (χ1) is 9.54. The van der Waals surface area contributed by atoms with Crippen molar-refractivity contribution in [1.29, 1.82) is 0 Å². The van der Waals surface area contributed by atoms with Gasteiger partial charge in [0.2, 0.25) is 0 Å². The van der Waals surface area contributed by atoms with Gasteiger partial charge < -0.3 is 5.11 Å². The fraction of sp³-hybridized carbons (Fsp3) is 0.188. The molecular weight excluding hydrogens is 292 g/mol. The first kappa shape index (κ1) is 14.9. The lowest BCUT2D eigenvalue weighted by molar-refractivity contribution is -0.136. The number of halogens is 1. The number of aryl methyl sites for hydroxylation is 1. The van der Waals surface area contributed by atoms with Crippen LogP contribution in [0.15, 0.2) is 53.4 Å². The van der Waals surface area contributed by atoms with Crippen molar-refractivity contribution in [2.24, 2.45) is 0 Å². The quantitative estimate of drug-likeness (QED) is 0.830. The van der Waals surface area contributed by atoms with Crippen LogP contribution in [0.2, 0.25) is 5.02 Å². The largest absolute Gasteiger partial charge is 0.480 e. The van der Waals surface area contributed by atoms with E-state index in [1.165, 1.54) is 17.3 Å². The van der Waals surface area contributed by atoms with Gasteiger partial charge in [-0.15, -0.1) is 11.8 Å². The second-order valence-electron chi connectivity index (χ2n) is 4.59. The number of carboxylic acid groups (broad SMARTS) is 1. The Morgan fingerprint density at radius 2 is 1.75 bits per heavy atom. The van der Waals surface area contributed by atoms with Crippen molar-refractivity contribution in [3.05, 3.63) is 64.7 Å². The van der Waals surface area contributed by atoms with Gasteiger partial charge >= 0.3 is 5.97 Å². The van der Waals surface area contributed by atoms with E-state index in [1.54, 1.807) is 12.1 Å². The number of thioether (sulfide) groups is 1. The van der Waals surface area contributed by atoms with Crippen LogP contribution in [0.4, 0.5) is 0 Å². The van der Waals surface area contributed by atoms with E-state index in [1.807, 2.05) is 43.3 Å². The lowest BCUT2D eigenvalue weighted by atomic mass is 10.1. The number of benzene rings is 2. The molecule has 0 bridgehead atoms. The average molecular weight is 307 g/mol. The maximum atomic E-state index is 11.4. The van der Waals surface area contributed by atoms with Gasteiger partial charge in [-0.1, -0.05) is 41.4 Å². The highest BCUT2D eigenvalue weighted by Gasteiger charge is 2.19. The predicted octanol–water partition coefficient (Wildman–Crippen LogP) is 4.44. The fourth-order valence-electron chi connectivity index (χ4n) is 1.80. The molecule has 0 saturated carbocycles. The summed E-state index contributed by atoms with van der Waals surface area (Å²) in [5.41, 5.74) is 2.14. The Morgan fingerprint density at radius 3 is 2.30 bits per heavy atom. The maximum Gasteiger partial charge on any atom is 0.317 e. The smallest absolute Gasteiger partial charge is 0.317 e. The first-order valence-corrected chi connectivity index (χ1v) is 7.51. The van der Waals surface area contributed by atoms with E-state index in [-0.39, 0.29) is 0 Å². The molecule has 0 radical (unpaired) electrons. The zero-order valence-corrected chi connectivity index (χ0v) is 12.6. The molecular formula is C16H15ClO2S. The molecule has 0 amide bonds. The summed E-state index contributed by atoms with van der Waals surface area (Å²) in [6.45, 7) is 2.01. The number of hydrogen-bond donors (Lipinski definition) is 1. The minimum atomic E-state index is -0.800. The van der Waals surface area contributed by atoms with Gasteiger partial charge in [0.1, 0.15) is 5.25 Å². The predicted molar refractivity (Wildman–Crippen MR) is 83.6 cm³/mol. The summed E-state index contributed by atoms with van der Waals surface area (Å²) in [5, 5.41) is 9.52. The summed E-state index contributed by atoms with van der Waals surface area (Å²) < 4.78 is 0. The van der Waals surface area contributed by atoms with Gasteiger partial charge in [0.25, 0.3) is 0 Å². The van der Waals surface area contributed by atoms with Crippen molar-refractivity contribution >= 4 is 29.3 Å². The van der Waals surface area contributed by atoms with Gasteiger partial charge in [-0.2, -0.15) is 0 Å². The second kappa shape index (κ2) is 6.82. The van der Waals surface area contributed by atoms with Crippen LogP contribution in [-0.4, -0.2) is 16.3 Å². The van der Waals surface area contributed by atoms with Crippen molar-refractivity contribution in [2.75, 3.05) is 0 Å². The fourth-order valence-corrected chi connectivity index (χ4v) is 2.92. The third-order valence-corrected chi connectivity index (χ3v) is 4.36. The van der Waals surface area contributed by atoms with Gasteiger partial charge in [-0.3, -0.25) is 4.79 Å². The van der Waals surface area contributed by atoms with Crippen LogP contribution in [0, 0.1) is 6.92 Å². The number of rotatable bonds is 5. The molecule has 2 nitrogen and oxygen atoms in total. The first-order valence-electron chi connectivity index (χ1n) is 6.25. The monoisotopic (exact) mass is 306 g/mol. The molecule has 20 heavy (non-hydrogen) atoms. The Bertz CT molecular complexity index is 531. The summed E-state index contributed by atoms with van der Waals surface area (Å²) in [4.78, 5) is 12.4. The van der Waals surface area contributed by atoms with Gasteiger partial charge in [-0.25, -0.2) is 0 Å². The summed E-state index contributed by atoms with van der Waals surface area (Å²) in [7, 11) is 0. The molecule has 0 aliphatic carbocycles. The molecule has 2 aromatic rings. The average Bonchev–Trinajstić information content (AvgIpc) is 2.42. The van der Waals surface area contributed by atoms with Crippen molar-refractivity contribution in [3.8, 4) is 0 Å². The van der Waals surface area contributed by atoms with E-state index in [0.29, 0.717) is 11.4 Å². The van der Waals surface area contributed by atoms with Crippen molar-refractivity contribution in [2.45, 2.75) is 23.5 Å². The van der Waals surface area contributed by atoms with Crippen LogP contribution in [0.1, 0.15) is 11.1 Å². The van der Waals surface area contributed by atoms with Crippen LogP contribution in [0.3, 0.4) is 0 Å². The molecule has 0 spiro atoms. The van der Waals surface area contributed by atoms with E-state index in [4.69, 9.17) is 11.6 Å². The Morgan fingerprint density at radius 1 is 1.15 bits per heavy atom. The number of aliphatic carboxylic acids is 1. The molecule has 1 atom stereocenters. The molecule has 0 unspecified atom stereocenters. The number of carbonyl (C=O) groups is 1. The van der Waals surface area contributed by atoms with E-state index >= 15 is 0 Å². The van der Waals surface area contributed by atoms with Gasteiger partial charge in [0, 0.05) is 9.92 Å². The topological polar surface area (TPSA) is 37.3 Å². The molecule has 0 aliphatic heterocycles. The van der Waals surface area contributed by atoms with Crippen LogP contribution in [0.5, 0.6) is 0 Å². The molecule has 104 valence electrons. The van der Waals surface area contributed by atoms with Gasteiger partial charge in [0.05, 0.1) is 0 Å². The van der Waals surface area contributed by atoms with Gasteiger partial charge in [0.15, 0.2) is 0 Å². The van der Waals surface area contributed by atoms with Crippen molar-refractivity contribution in [3.63, 3.8) is 0 Å². The Hall–Kier alpha value is -1.45. The Labute approximate surface area is 127 Å². The van der Waals surface area contributed by atoms with E-state index < -0.39 is 11.2 Å². The number of carboxylic acids is 1. The highest BCUT2D eigenvalue weighted by atomic mass is 35.5. The lowest BCUT2D eigenvalue weighted by Crippen LogP contribution is -2.19. The standard InChI is InChI=1S/C16H15ClO2S/c1-11-2-8-14(9-3-11)20-15(16(18)19)10-12-4-6-13(17)7-5-12/h2-9,15H,10H2,1H3,(H,18,19)/t15-/m1/s1. The molecule has 0 aromatic heterocycles. The third-order valence-electron chi connectivity index (χ3n) is 2.91. The van der Waals surface area contributed by atoms with Crippen molar-refractivity contribution in [1.82, 2.24) is 0 Å². The van der Waals surface area contributed by atoms with Crippen LogP contribution >= 0.6 is 23.4 Å². The van der Waals surface area contributed by atoms with E-state index in [2.05, 4.69) is 0 Å². The van der Waals surface area contributed by atoms with E-state index in [9.17, 15) is 9.90 Å². The second-order valence-corrected chi connectivity index (χ2v) is 6.30. The SMILES string of the molecule is Cc1ccc(S[C@H](Cc2ccc(Cl)cc2)C(=O)O)cc1. The molecule has 2 aromatic carbocycles. The van der Waals surface area contributed by atoms with Crippen molar-refractivity contribution < 1.29 is 9.90 Å². The van der Waals surface area contributed by atoms with Crippen LogP contribution < -0.4 is 0 Å². The Balaban J connectivity index is 2.09. The summed E-state index contributed by atoms with van der Waals surface area (Å²) >= 11 is 7.21. The summed E-state index contributed by atoms with van der Waals surface area (Å²) in [6, 6.07) is 15.2. The maximum absolute atomic E-state index is 11.4. The minimum absolute atomic E-state index is 0.477. The molecule has 0 heterocycles. The molecule has 0 saturated heterocycles. The van der Waals surface area contributed by atoms with Gasteiger partial charge in [-0.05, 0) is 43.2 Å². The Kier molecular flexibility index (Phi) is 5.10. The highest BCUT2D eigenvalue weighted by molar-refractivity contribution is 8.00. The van der Waals surface area contributed by atoms with Crippen LogP contribution in [0.25, 0.3) is 0 Å². The summed E-state index contributed by atoms with van der Waals surface area (Å²) in [6.07, 6.45) is 0.477. The molecule has 1 N–H and O–H groups in total. The van der Waals surface area contributed by atoms with E-state index in [0.717, 1.165) is 10.5 Å². The zero-order chi connectivity index (χ0) is 14.5.